The lowest BCUT2D eigenvalue weighted by atomic mass is 9.98. The van der Waals surface area contributed by atoms with Crippen LogP contribution in [0.25, 0.3) is 28.0 Å². The van der Waals surface area contributed by atoms with Gasteiger partial charge in [-0.3, -0.25) is 4.90 Å². The van der Waals surface area contributed by atoms with Gasteiger partial charge >= 0.3 is 5.97 Å². The van der Waals surface area contributed by atoms with E-state index in [1.54, 1.807) is 12.1 Å². The summed E-state index contributed by atoms with van der Waals surface area (Å²) in [6, 6.07) is 28.1. The number of nitrogens with zero attached hydrogens (tertiary/aromatic N) is 2. The van der Waals surface area contributed by atoms with Crippen molar-refractivity contribution in [1.82, 2.24) is 9.80 Å². The number of carboxylic acids is 1. The Morgan fingerprint density at radius 3 is 2.48 bits per heavy atom. The van der Waals surface area contributed by atoms with Crippen molar-refractivity contribution in [3.63, 3.8) is 0 Å². The van der Waals surface area contributed by atoms with Gasteiger partial charge in [0, 0.05) is 31.7 Å². The number of hydrogen-bond acceptors (Lipinski definition) is 7. The van der Waals surface area contributed by atoms with E-state index in [-0.39, 0.29) is 5.56 Å². The highest BCUT2D eigenvalue weighted by Gasteiger charge is 2.28. The van der Waals surface area contributed by atoms with Gasteiger partial charge in [-0.15, -0.1) is 0 Å². The maximum absolute atomic E-state index is 11.2. The highest BCUT2D eigenvalue weighted by molar-refractivity contribution is 8.27. The number of fused-ring (bicyclic) bond motifs is 1. The number of aromatic carboxylic acids is 1. The van der Waals surface area contributed by atoms with Crippen LogP contribution in [0.2, 0.25) is 0 Å². The second kappa shape index (κ2) is 14.0. The second-order valence-electron chi connectivity index (χ2n) is 10.7. The second-order valence-corrected chi connectivity index (χ2v) is 12.8. The molecule has 2 heterocycles. The van der Waals surface area contributed by atoms with Crippen LogP contribution in [0.4, 0.5) is 0 Å². The highest BCUT2D eigenvalue weighted by Crippen LogP contribution is 2.37. The molecule has 4 aromatic rings. The third-order valence-corrected chi connectivity index (χ3v) is 9.80. The zero-order valence-electron chi connectivity index (χ0n) is 24.1. The van der Waals surface area contributed by atoms with Crippen LogP contribution in [0.1, 0.15) is 21.5 Å². The molecule has 224 valence electrons. The Hall–Kier alpha value is -3.60. The molecule has 0 aromatic heterocycles. The van der Waals surface area contributed by atoms with Crippen molar-refractivity contribution in [2.24, 2.45) is 0 Å². The van der Waals surface area contributed by atoms with Gasteiger partial charge in [-0.2, -0.15) is 0 Å². The molecule has 0 saturated carbocycles. The lowest BCUT2D eigenvalue weighted by molar-refractivity contribution is 0.0323. The monoisotopic (exact) mass is 640 g/mol. The average molecular weight is 641 g/mol. The summed E-state index contributed by atoms with van der Waals surface area (Å²) in [5, 5.41) is 11.5. The first kappa shape index (κ1) is 30.4. The number of thioether (sulfide) groups is 1. The molecule has 44 heavy (non-hydrogen) atoms. The molecule has 9 heteroatoms. The van der Waals surface area contributed by atoms with E-state index in [1.165, 1.54) is 22.5 Å². The number of benzene rings is 4. The number of hydrogen-bond donors (Lipinski definition) is 1. The van der Waals surface area contributed by atoms with E-state index < -0.39 is 5.97 Å². The Morgan fingerprint density at radius 2 is 1.70 bits per heavy atom. The molecule has 4 aromatic carbocycles. The molecular formula is C35H32N2O4S3. The first-order valence-corrected chi connectivity index (χ1v) is 16.2. The van der Waals surface area contributed by atoms with E-state index in [0.29, 0.717) is 24.6 Å². The Kier molecular flexibility index (Phi) is 9.69. The summed E-state index contributed by atoms with van der Waals surface area (Å²) in [5.74, 6) is -0.0793. The van der Waals surface area contributed by atoms with E-state index in [0.717, 1.165) is 70.1 Å². The smallest absolute Gasteiger partial charge is 0.335 e. The molecule has 0 unspecified atom stereocenters. The summed E-state index contributed by atoms with van der Waals surface area (Å²) in [5.41, 5.74) is 4.46. The average Bonchev–Trinajstić information content (AvgIpc) is 3.31. The molecule has 2 fully saturated rings. The van der Waals surface area contributed by atoms with Crippen molar-refractivity contribution in [2.45, 2.75) is 6.42 Å². The van der Waals surface area contributed by atoms with Crippen LogP contribution in [-0.4, -0.2) is 76.2 Å². The van der Waals surface area contributed by atoms with E-state index in [4.69, 9.17) is 39.0 Å². The van der Waals surface area contributed by atoms with Crippen LogP contribution in [-0.2, 0) is 11.2 Å². The predicted molar refractivity (Wildman–Crippen MR) is 187 cm³/mol. The van der Waals surface area contributed by atoms with E-state index >= 15 is 0 Å². The summed E-state index contributed by atoms with van der Waals surface area (Å²) in [6.45, 7) is 5.49. The van der Waals surface area contributed by atoms with Gasteiger partial charge in [0.2, 0.25) is 0 Å². The fourth-order valence-electron chi connectivity index (χ4n) is 5.35. The number of carboxylic acid groups (broad SMARTS) is 1. The Bertz CT molecular complexity index is 1730. The molecule has 0 spiro atoms. The van der Waals surface area contributed by atoms with Crippen molar-refractivity contribution in [3.8, 4) is 16.9 Å². The van der Waals surface area contributed by atoms with E-state index in [2.05, 4.69) is 71.6 Å². The van der Waals surface area contributed by atoms with Gasteiger partial charge < -0.3 is 19.5 Å². The fourth-order valence-corrected chi connectivity index (χ4v) is 7.16. The van der Waals surface area contributed by atoms with Crippen LogP contribution >= 0.6 is 36.2 Å². The SMILES string of the molecule is O=C(O)c1ccc(CCN2C(=S)SC(=Cc3ccc(OCCN4CCOCC4)c(-c4ccc5ccccc5c4)c3)C2=S)cc1. The van der Waals surface area contributed by atoms with Gasteiger partial charge in [0.1, 0.15) is 21.7 Å². The number of carbonyl (C=O) groups is 1. The molecule has 2 aliphatic rings. The zero-order valence-corrected chi connectivity index (χ0v) is 26.6. The van der Waals surface area contributed by atoms with Gasteiger partial charge in [-0.05, 0) is 70.3 Å². The molecule has 2 saturated heterocycles. The third-order valence-electron chi connectivity index (χ3n) is 7.83. The van der Waals surface area contributed by atoms with Crippen molar-refractivity contribution >= 4 is 68.3 Å². The van der Waals surface area contributed by atoms with E-state index in [9.17, 15) is 4.79 Å². The minimum absolute atomic E-state index is 0.276. The molecule has 0 radical (unpaired) electrons. The fraction of sp³-hybridized carbons (Fsp3) is 0.229. The van der Waals surface area contributed by atoms with E-state index in [1.807, 2.05) is 17.0 Å². The normalized spacial score (nSPS) is 16.6. The number of thiocarbonyl (C=S) groups is 2. The molecule has 0 atom stereocenters. The molecule has 0 bridgehead atoms. The van der Waals surface area contributed by atoms with Gasteiger partial charge in [0.15, 0.2) is 0 Å². The summed E-state index contributed by atoms with van der Waals surface area (Å²) in [4.78, 5) is 17.2. The minimum atomic E-state index is -0.930. The van der Waals surface area contributed by atoms with Gasteiger partial charge in [0.25, 0.3) is 0 Å². The summed E-state index contributed by atoms with van der Waals surface area (Å²) >= 11 is 13.1. The predicted octanol–water partition coefficient (Wildman–Crippen LogP) is 7.16. The standard InChI is InChI=1S/C35H32N2O4S3/c38-34(39)27-8-5-24(6-9-27)13-14-37-33(42)32(44-35(37)43)22-25-7-12-31(41-20-17-36-15-18-40-19-16-36)30(21-25)29-11-10-26-3-1-2-4-28(26)23-29/h1-12,21-23H,13-20H2,(H,38,39). The van der Waals surface area contributed by atoms with Gasteiger partial charge in [0.05, 0.1) is 23.7 Å². The van der Waals surface area contributed by atoms with Gasteiger partial charge in [-0.25, -0.2) is 4.79 Å². The molecule has 0 aliphatic carbocycles. The largest absolute Gasteiger partial charge is 0.492 e. The topological polar surface area (TPSA) is 62.2 Å². The Morgan fingerprint density at radius 1 is 0.932 bits per heavy atom. The van der Waals surface area contributed by atoms with Crippen LogP contribution in [0, 0.1) is 0 Å². The molecule has 2 aliphatic heterocycles. The van der Waals surface area contributed by atoms with Crippen molar-refractivity contribution in [1.29, 1.82) is 0 Å². The van der Waals surface area contributed by atoms with Crippen molar-refractivity contribution in [3.05, 3.63) is 107 Å². The minimum Gasteiger partial charge on any atom is -0.492 e. The Balaban J connectivity index is 1.21. The Labute approximate surface area is 272 Å². The summed E-state index contributed by atoms with van der Waals surface area (Å²) in [7, 11) is 0. The van der Waals surface area contributed by atoms with Crippen LogP contribution in [0.5, 0.6) is 5.75 Å². The highest BCUT2D eigenvalue weighted by atomic mass is 32.2. The first-order valence-electron chi connectivity index (χ1n) is 14.6. The van der Waals surface area contributed by atoms with Crippen LogP contribution in [0.3, 0.4) is 0 Å². The maximum atomic E-state index is 11.2. The molecule has 1 N–H and O–H groups in total. The molecule has 0 amide bonds. The quantitative estimate of drug-likeness (QED) is 0.144. The number of rotatable bonds is 10. The summed E-state index contributed by atoms with van der Waals surface area (Å²) < 4.78 is 12.6. The lowest BCUT2D eigenvalue weighted by Gasteiger charge is -2.26. The zero-order chi connectivity index (χ0) is 30.5. The first-order chi connectivity index (χ1) is 21.4. The van der Waals surface area contributed by atoms with Crippen LogP contribution in [0.15, 0.2) is 89.8 Å². The van der Waals surface area contributed by atoms with Gasteiger partial charge in [-0.1, -0.05) is 90.8 Å². The maximum Gasteiger partial charge on any atom is 0.335 e. The number of morpholine rings is 1. The third kappa shape index (κ3) is 7.20. The molecular weight excluding hydrogens is 609 g/mol. The lowest BCUT2D eigenvalue weighted by Crippen LogP contribution is -2.38. The van der Waals surface area contributed by atoms with Crippen molar-refractivity contribution in [2.75, 3.05) is 46.0 Å². The number of ether oxygens (including phenoxy) is 2. The summed E-state index contributed by atoms with van der Waals surface area (Å²) in [6.07, 6.45) is 2.81. The van der Waals surface area contributed by atoms with Crippen LogP contribution < -0.4 is 4.74 Å². The van der Waals surface area contributed by atoms with Crippen molar-refractivity contribution < 1.29 is 19.4 Å². The molecule has 6 nitrogen and oxygen atoms in total. The molecule has 6 rings (SSSR count).